The van der Waals surface area contributed by atoms with Crippen molar-refractivity contribution < 1.29 is 34.3 Å². The summed E-state index contributed by atoms with van der Waals surface area (Å²) in [6, 6.07) is 10.4. The molecule has 4 unspecified atom stereocenters. The molecule has 0 bridgehead atoms. The molecule has 4 atom stereocenters. The minimum absolute atomic E-state index is 0.0489. The van der Waals surface area contributed by atoms with E-state index in [2.05, 4.69) is 0 Å². The smallest absolute Gasteiger partial charge is 0.488 e. The van der Waals surface area contributed by atoms with Gasteiger partial charge in [-0.1, -0.05) is 41.4 Å². The molecule has 0 radical (unpaired) electrons. The number of hydrogen-bond acceptors (Lipinski definition) is 7. The molecule has 10 heteroatoms. The van der Waals surface area contributed by atoms with Crippen LogP contribution in [0.1, 0.15) is 31.2 Å². The Morgan fingerprint density at radius 3 is 2.49 bits per heavy atom. The number of ketones is 2. The Bertz CT molecular complexity index is 1590. The number of benzene rings is 2. The summed E-state index contributed by atoms with van der Waals surface area (Å²) in [5.41, 5.74) is 2.61. The molecule has 8 nitrogen and oxygen atoms in total. The minimum atomic E-state index is -1.76. The third-order valence-corrected chi connectivity index (χ3v) is 8.61. The first kappa shape index (κ1) is 25.5. The summed E-state index contributed by atoms with van der Waals surface area (Å²) < 4.78 is 0. The Balaban J connectivity index is 1.48. The van der Waals surface area contributed by atoms with Crippen molar-refractivity contribution in [2.75, 3.05) is 4.90 Å². The standard InChI is InChI=1S/C29H23BClNO7/c1-13-9-23(34)26-21(27(13)35)12-20-17(24(26)18-6-5-16(33)11-22(18)31)7-8-19-25(20)29(37)32(28(19)36)15-4-2-3-14(10-15)30(38)39/h2-7,9-11,19-20,24-25,33,38-39H,8,12H2,1H3. The van der Waals surface area contributed by atoms with E-state index in [0.717, 1.165) is 10.5 Å². The number of Topliss-reactive ketones (excluding diaryl/α,β-unsaturated/α-hetero) is 1. The third-order valence-electron chi connectivity index (χ3n) is 8.28. The van der Waals surface area contributed by atoms with E-state index in [1.807, 2.05) is 6.08 Å². The zero-order valence-electron chi connectivity index (χ0n) is 20.8. The molecule has 3 aliphatic carbocycles. The molecule has 1 fully saturated rings. The Morgan fingerprint density at radius 2 is 1.77 bits per heavy atom. The Labute approximate surface area is 229 Å². The number of imide groups is 1. The summed E-state index contributed by atoms with van der Waals surface area (Å²) in [5.74, 6) is -4.15. The van der Waals surface area contributed by atoms with Crippen molar-refractivity contribution >= 4 is 53.3 Å². The molecule has 1 saturated heterocycles. The van der Waals surface area contributed by atoms with E-state index in [-0.39, 0.29) is 46.3 Å². The lowest BCUT2D eigenvalue weighted by Gasteiger charge is -2.42. The minimum Gasteiger partial charge on any atom is -0.508 e. The van der Waals surface area contributed by atoms with E-state index in [1.54, 1.807) is 19.1 Å². The molecule has 1 aliphatic heterocycles. The fourth-order valence-electron chi connectivity index (χ4n) is 6.57. The van der Waals surface area contributed by atoms with Crippen LogP contribution in [0.25, 0.3) is 0 Å². The molecule has 39 heavy (non-hydrogen) atoms. The molecular weight excluding hydrogens is 521 g/mol. The molecule has 196 valence electrons. The van der Waals surface area contributed by atoms with E-state index in [4.69, 9.17) is 11.6 Å². The Hall–Kier alpha value is -3.79. The van der Waals surface area contributed by atoms with Crippen molar-refractivity contribution in [2.45, 2.75) is 25.7 Å². The van der Waals surface area contributed by atoms with Crippen molar-refractivity contribution in [2.24, 2.45) is 17.8 Å². The first-order valence-corrected chi connectivity index (χ1v) is 13.0. The van der Waals surface area contributed by atoms with E-state index >= 15 is 0 Å². The van der Waals surface area contributed by atoms with Crippen molar-refractivity contribution in [3.8, 4) is 5.75 Å². The largest absolute Gasteiger partial charge is 0.508 e. The average Bonchev–Trinajstić information content (AvgIpc) is 3.16. The number of amides is 2. The molecule has 2 aromatic rings. The van der Waals surface area contributed by atoms with Gasteiger partial charge in [-0.05, 0) is 67.1 Å². The number of phenolic OH excluding ortho intramolecular Hbond substituents is 1. The number of anilines is 1. The van der Waals surface area contributed by atoms with Gasteiger partial charge < -0.3 is 15.2 Å². The summed E-state index contributed by atoms with van der Waals surface area (Å²) in [4.78, 5) is 55.2. The number of carbonyl (C=O) groups is 4. The number of carbonyl (C=O) groups excluding carboxylic acids is 4. The van der Waals surface area contributed by atoms with Crippen LogP contribution >= 0.6 is 11.6 Å². The number of rotatable bonds is 3. The summed E-state index contributed by atoms with van der Waals surface area (Å²) in [6.45, 7) is 1.58. The first-order valence-electron chi connectivity index (χ1n) is 12.6. The second-order valence-electron chi connectivity index (χ2n) is 10.4. The highest BCUT2D eigenvalue weighted by molar-refractivity contribution is 6.58. The van der Waals surface area contributed by atoms with Crippen molar-refractivity contribution in [1.82, 2.24) is 0 Å². The summed E-state index contributed by atoms with van der Waals surface area (Å²) in [5, 5.41) is 29.4. The maximum atomic E-state index is 13.9. The van der Waals surface area contributed by atoms with E-state index < -0.39 is 42.6 Å². The van der Waals surface area contributed by atoms with Crippen LogP contribution in [0.2, 0.25) is 5.02 Å². The van der Waals surface area contributed by atoms with Gasteiger partial charge in [0, 0.05) is 27.7 Å². The lowest BCUT2D eigenvalue weighted by molar-refractivity contribution is -0.123. The van der Waals surface area contributed by atoms with E-state index in [9.17, 15) is 34.3 Å². The van der Waals surface area contributed by atoms with Crippen LogP contribution in [-0.2, 0) is 19.2 Å². The highest BCUT2D eigenvalue weighted by Crippen LogP contribution is 2.56. The molecule has 0 aromatic heterocycles. The average molecular weight is 544 g/mol. The normalized spacial score (nSPS) is 26.2. The van der Waals surface area contributed by atoms with Gasteiger partial charge in [0.25, 0.3) is 0 Å². The summed E-state index contributed by atoms with van der Waals surface area (Å²) in [7, 11) is -1.76. The molecule has 6 rings (SSSR count). The van der Waals surface area contributed by atoms with Gasteiger partial charge in [-0.2, -0.15) is 0 Å². The molecule has 2 amide bonds. The lowest BCUT2D eigenvalue weighted by Crippen LogP contribution is -2.40. The first-order chi connectivity index (χ1) is 18.6. The van der Waals surface area contributed by atoms with Gasteiger partial charge in [0.1, 0.15) is 5.75 Å². The second kappa shape index (κ2) is 9.15. The number of nitrogens with zero attached hydrogens (tertiary/aromatic N) is 1. The monoisotopic (exact) mass is 543 g/mol. The topological polar surface area (TPSA) is 132 Å². The van der Waals surface area contributed by atoms with Crippen LogP contribution < -0.4 is 10.4 Å². The van der Waals surface area contributed by atoms with Crippen LogP contribution in [0.4, 0.5) is 5.69 Å². The fourth-order valence-corrected chi connectivity index (χ4v) is 6.85. The molecule has 1 heterocycles. The zero-order valence-corrected chi connectivity index (χ0v) is 21.6. The highest BCUT2D eigenvalue weighted by Gasteiger charge is 2.56. The van der Waals surface area contributed by atoms with Crippen molar-refractivity contribution in [1.29, 1.82) is 0 Å². The SMILES string of the molecule is CC1=CC(=O)C2=C(CC3C(=CCC4C(=O)N(c5cccc(B(O)O)c5)C(=O)C43)C2c2ccc(O)cc2Cl)C1=O. The van der Waals surface area contributed by atoms with Gasteiger partial charge in [-0.15, -0.1) is 0 Å². The summed E-state index contributed by atoms with van der Waals surface area (Å²) >= 11 is 6.55. The fraction of sp³-hybridized carbons (Fsp3) is 0.241. The van der Waals surface area contributed by atoms with Gasteiger partial charge in [-0.25, -0.2) is 0 Å². The number of aromatic hydroxyl groups is 1. The molecule has 3 N–H and O–H groups in total. The van der Waals surface area contributed by atoms with Crippen LogP contribution in [0.5, 0.6) is 5.75 Å². The molecule has 2 aromatic carbocycles. The number of fused-ring (bicyclic) bond motifs is 3. The quantitative estimate of drug-likeness (QED) is 0.234. The number of phenols is 1. The van der Waals surface area contributed by atoms with E-state index in [1.165, 1.54) is 36.4 Å². The van der Waals surface area contributed by atoms with Gasteiger partial charge >= 0.3 is 7.12 Å². The maximum absolute atomic E-state index is 13.9. The van der Waals surface area contributed by atoms with E-state index in [0.29, 0.717) is 22.3 Å². The number of hydrogen-bond donors (Lipinski definition) is 3. The predicted molar refractivity (Wildman–Crippen MR) is 143 cm³/mol. The molecule has 0 saturated carbocycles. The summed E-state index contributed by atoms with van der Waals surface area (Å²) in [6.07, 6.45) is 3.59. The zero-order chi connectivity index (χ0) is 27.7. The Kier molecular flexibility index (Phi) is 5.98. The third kappa shape index (κ3) is 3.84. The van der Waals surface area contributed by atoms with Gasteiger partial charge in [0.05, 0.1) is 17.5 Å². The van der Waals surface area contributed by atoms with Gasteiger partial charge in [0.2, 0.25) is 11.8 Å². The second-order valence-corrected chi connectivity index (χ2v) is 10.8. The lowest BCUT2D eigenvalue weighted by atomic mass is 9.59. The molecule has 0 spiro atoms. The van der Waals surface area contributed by atoms with Crippen LogP contribution in [0.3, 0.4) is 0 Å². The highest BCUT2D eigenvalue weighted by atomic mass is 35.5. The Morgan fingerprint density at radius 1 is 1.00 bits per heavy atom. The van der Waals surface area contributed by atoms with Crippen LogP contribution in [0, 0.1) is 17.8 Å². The van der Waals surface area contributed by atoms with Crippen LogP contribution in [0.15, 0.2) is 76.9 Å². The van der Waals surface area contributed by atoms with Crippen molar-refractivity contribution in [3.05, 3.63) is 87.5 Å². The van der Waals surface area contributed by atoms with Crippen molar-refractivity contribution in [3.63, 3.8) is 0 Å². The molecular formula is C29H23BClNO7. The van der Waals surface area contributed by atoms with Gasteiger partial charge in [0.15, 0.2) is 11.6 Å². The number of halogens is 1. The predicted octanol–water partition coefficient (Wildman–Crippen LogP) is 2.36. The maximum Gasteiger partial charge on any atom is 0.488 e. The van der Waals surface area contributed by atoms with Gasteiger partial charge in [-0.3, -0.25) is 24.1 Å². The molecule has 4 aliphatic rings. The number of allylic oxidation sites excluding steroid dienone is 6. The van der Waals surface area contributed by atoms with Crippen LogP contribution in [-0.4, -0.2) is 45.7 Å².